The Bertz CT molecular complexity index is 557. The van der Waals surface area contributed by atoms with Gasteiger partial charge in [-0.3, -0.25) is 4.98 Å². The van der Waals surface area contributed by atoms with E-state index in [4.69, 9.17) is 27.6 Å². The van der Waals surface area contributed by atoms with Gasteiger partial charge in [-0.15, -0.1) is 0 Å². The molecule has 1 unspecified atom stereocenters. The SMILES string of the molecule is CC[Si](CC)(CC)OC(CNCC1CC(C)(C)C1)c1c(Cl)cncc1Cl. The molecule has 1 saturated carbocycles. The fourth-order valence-electron chi connectivity index (χ4n) is 4.30. The number of hydrogen-bond acceptors (Lipinski definition) is 3. The number of nitrogens with zero attached hydrogens (tertiary/aromatic N) is 1. The standard InChI is InChI=1S/C20H34Cl2N2OSi/c1-6-26(7-2,8-3)25-18(19-16(21)12-24-13-17(19)22)14-23-11-15-9-20(4,5)10-15/h12-13,15,18,23H,6-11,14H2,1-5H3. The van der Waals surface area contributed by atoms with Crippen molar-refractivity contribution in [3.8, 4) is 0 Å². The molecule has 148 valence electrons. The van der Waals surface area contributed by atoms with Crippen LogP contribution in [0.3, 0.4) is 0 Å². The number of pyridine rings is 1. The number of nitrogens with one attached hydrogen (secondary N) is 1. The number of aromatic nitrogens is 1. The minimum Gasteiger partial charge on any atom is -0.409 e. The van der Waals surface area contributed by atoms with Gasteiger partial charge >= 0.3 is 0 Å². The van der Waals surface area contributed by atoms with Crippen LogP contribution in [-0.2, 0) is 4.43 Å². The molecule has 1 aliphatic rings. The van der Waals surface area contributed by atoms with E-state index < -0.39 is 8.32 Å². The normalized spacial score (nSPS) is 18.6. The van der Waals surface area contributed by atoms with Crippen molar-refractivity contribution in [3.63, 3.8) is 0 Å². The molecule has 1 aliphatic carbocycles. The van der Waals surface area contributed by atoms with Gasteiger partial charge in [0.05, 0.1) is 16.1 Å². The summed E-state index contributed by atoms with van der Waals surface area (Å²) in [6, 6.07) is 3.31. The van der Waals surface area contributed by atoms with E-state index >= 15 is 0 Å². The molecular formula is C20H34Cl2N2OSi. The summed E-state index contributed by atoms with van der Waals surface area (Å²) in [6.07, 6.45) is 5.80. The molecule has 3 nitrogen and oxygen atoms in total. The molecule has 0 spiro atoms. The molecule has 1 fully saturated rings. The zero-order valence-corrected chi connectivity index (χ0v) is 19.4. The summed E-state index contributed by atoms with van der Waals surface area (Å²) in [5.41, 5.74) is 1.39. The monoisotopic (exact) mass is 416 g/mol. The van der Waals surface area contributed by atoms with E-state index in [2.05, 4.69) is 44.9 Å². The van der Waals surface area contributed by atoms with Crippen LogP contribution in [0.5, 0.6) is 0 Å². The second-order valence-corrected chi connectivity index (χ2v) is 14.0. The molecule has 6 heteroatoms. The zero-order chi connectivity index (χ0) is 19.4. The lowest BCUT2D eigenvalue weighted by Gasteiger charge is -2.43. The van der Waals surface area contributed by atoms with Crippen LogP contribution in [0.15, 0.2) is 12.4 Å². The van der Waals surface area contributed by atoms with E-state index in [0.29, 0.717) is 15.5 Å². The average molecular weight is 417 g/mol. The second-order valence-electron chi connectivity index (χ2n) is 8.46. The van der Waals surface area contributed by atoms with Crippen LogP contribution in [0.25, 0.3) is 0 Å². The van der Waals surface area contributed by atoms with Crippen LogP contribution < -0.4 is 5.32 Å². The maximum atomic E-state index is 6.79. The van der Waals surface area contributed by atoms with Crippen LogP contribution in [0.4, 0.5) is 0 Å². The smallest absolute Gasteiger partial charge is 0.192 e. The fourth-order valence-corrected chi connectivity index (χ4v) is 7.71. The summed E-state index contributed by atoms with van der Waals surface area (Å²) >= 11 is 12.9. The molecule has 0 aromatic carbocycles. The molecule has 1 aromatic heterocycles. The number of rotatable bonds is 10. The van der Waals surface area contributed by atoms with Gasteiger partial charge in [0, 0.05) is 24.5 Å². The molecule has 0 saturated heterocycles. The van der Waals surface area contributed by atoms with Crippen molar-refractivity contribution in [2.75, 3.05) is 13.1 Å². The average Bonchev–Trinajstić information content (AvgIpc) is 2.57. The van der Waals surface area contributed by atoms with Gasteiger partial charge in [-0.1, -0.05) is 57.8 Å². The van der Waals surface area contributed by atoms with Gasteiger partial charge in [0.25, 0.3) is 0 Å². The maximum absolute atomic E-state index is 6.79. The van der Waals surface area contributed by atoms with E-state index in [1.807, 2.05) is 0 Å². The molecule has 1 heterocycles. The Balaban J connectivity index is 2.11. The molecule has 0 amide bonds. The Morgan fingerprint density at radius 3 is 2.15 bits per heavy atom. The number of hydrogen-bond donors (Lipinski definition) is 1. The van der Waals surface area contributed by atoms with Crippen molar-refractivity contribution >= 4 is 31.5 Å². The zero-order valence-electron chi connectivity index (χ0n) is 16.9. The van der Waals surface area contributed by atoms with E-state index in [1.54, 1.807) is 12.4 Å². The van der Waals surface area contributed by atoms with E-state index in [-0.39, 0.29) is 6.10 Å². The predicted octanol–water partition coefficient (Wildman–Crippen LogP) is 6.48. The Hall–Kier alpha value is -0.133. The largest absolute Gasteiger partial charge is 0.409 e. The molecule has 0 radical (unpaired) electrons. The first kappa shape index (κ1) is 22.2. The Morgan fingerprint density at radius 2 is 1.69 bits per heavy atom. The minimum atomic E-state index is -1.78. The highest BCUT2D eigenvalue weighted by molar-refractivity contribution is 6.73. The highest BCUT2D eigenvalue weighted by Crippen LogP contribution is 2.44. The second kappa shape index (κ2) is 9.38. The summed E-state index contributed by atoms with van der Waals surface area (Å²) in [5.74, 6) is 0.763. The van der Waals surface area contributed by atoms with Crippen LogP contribution in [0.1, 0.15) is 59.1 Å². The van der Waals surface area contributed by atoms with Crippen LogP contribution >= 0.6 is 23.2 Å². The lowest BCUT2D eigenvalue weighted by Crippen LogP contribution is -2.42. The van der Waals surface area contributed by atoms with Crippen molar-refractivity contribution in [1.29, 1.82) is 0 Å². The quantitative estimate of drug-likeness (QED) is 0.443. The molecule has 2 rings (SSSR count). The molecule has 1 atom stereocenters. The molecule has 26 heavy (non-hydrogen) atoms. The first-order chi connectivity index (χ1) is 12.3. The molecule has 0 aliphatic heterocycles. The first-order valence-corrected chi connectivity index (χ1v) is 13.2. The van der Waals surface area contributed by atoms with Gasteiger partial charge in [0.15, 0.2) is 8.32 Å². The fraction of sp³-hybridized carbons (Fsp3) is 0.750. The predicted molar refractivity (Wildman–Crippen MR) is 115 cm³/mol. The van der Waals surface area contributed by atoms with Gasteiger partial charge in [0.2, 0.25) is 0 Å². The first-order valence-electron chi connectivity index (χ1n) is 9.93. The van der Waals surface area contributed by atoms with Gasteiger partial charge in [-0.2, -0.15) is 0 Å². The third kappa shape index (κ3) is 5.45. The highest BCUT2D eigenvalue weighted by Gasteiger charge is 2.36. The minimum absolute atomic E-state index is 0.113. The van der Waals surface area contributed by atoms with Crippen molar-refractivity contribution in [2.24, 2.45) is 11.3 Å². The third-order valence-corrected chi connectivity index (χ3v) is 11.2. The number of halogens is 2. The van der Waals surface area contributed by atoms with Gasteiger partial charge in [-0.25, -0.2) is 0 Å². The Kier molecular flexibility index (Phi) is 7.99. The lowest BCUT2D eigenvalue weighted by molar-refractivity contribution is 0.0915. The summed E-state index contributed by atoms with van der Waals surface area (Å²) in [6.45, 7) is 13.2. The van der Waals surface area contributed by atoms with Crippen molar-refractivity contribution in [2.45, 2.75) is 71.7 Å². The van der Waals surface area contributed by atoms with Gasteiger partial charge in [-0.05, 0) is 48.9 Å². The molecule has 1 aromatic rings. The molecule has 1 N–H and O–H groups in total. The summed E-state index contributed by atoms with van der Waals surface area (Å²) in [4.78, 5) is 4.10. The van der Waals surface area contributed by atoms with Crippen LogP contribution in [0.2, 0.25) is 28.2 Å². The van der Waals surface area contributed by atoms with E-state index in [0.717, 1.165) is 42.7 Å². The van der Waals surface area contributed by atoms with Crippen LogP contribution in [0, 0.1) is 11.3 Å². The lowest BCUT2D eigenvalue weighted by atomic mass is 9.64. The Morgan fingerprint density at radius 1 is 1.15 bits per heavy atom. The van der Waals surface area contributed by atoms with E-state index in [1.165, 1.54) is 12.8 Å². The van der Waals surface area contributed by atoms with Crippen molar-refractivity contribution in [3.05, 3.63) is 28.0 Å². The third-order valence-electron chi connectivity index (χ3n) is 5.98. The maximum Gasteiger partial charge on any atom is 0.192 e. The Labute approximate surface area is 170 Å². The summed E-state index contributed by atoms with van der Waals surface area (Å²) in [7, 11) is -1.78. The molecule has 0 bridgehead atoms. The van der Waals surface area contributed by atoms with Crippen molar-refractivity contribution < 1.29 is 4.43 Å². The molecular weight excluding hydrogens is 383 g/mol. The summed E-state index contributed by atoms with van der Waals surface area (Å²) in [5, 5.41) is 4.83. The van der Waals surface area contributed by atoms with E-state index in [9.17, 15) is 0 Å². The topological polar surface area (TPSA) is 34.1 Å². The highest BCUT2D eigenvalue weighted by atomic mass is 35.5. The van der Waals surface area contributed by atoms with Gasteiger partial charge in [0.1, 0.15) is 0 Å². The van der Waals surface area contributed by atoms with Gasteiger partial charge < -0.3 is 9.74 Å². The van der Waals surface area contributed by atoms with Crippen LogP contribution in [-0.4, -0.2) is 26.4 Å². The van der Waals surface area contributed by atoms with Crippen molar-refractivity contribution in [1.82, 2.24) is 10.3 Å². The summed E-state index contributed by atoms with van der Waals surface area (Å²) < 4.78 is 6.79.